The maximum absolute atomic E-state index is 13.8. The van der Waals surface area contributed by atoms with E-state index in [1.165, 1.54) is 18.2 Å². The lowest BCUT2D eigenvalue weighted by atomic mass is 10.1. The van der Waals surface area contributed by atoms with E-state index in [1.807, 2.05) is 6.92 Å². The molecule has 0 aliphatic carbocycles. The Kier molecular flexibility index (Phi) is 4.97. The summed E-state index contributed by atoms with van der Waals surface area (Å²) >= 11 is 0. The van der Waals surface area contributed by atoms with Crippen LogP contribution in [-0.4, -0.2) is 8.42 Å². The summed E-state index contributed by atoms with van der Waals surface area (Å²) < 4.78 is 74.4. The molecule has 3 aromatic rings. The second kappa shape index (κ2) is 7.07. The van der Waals surface area contributed by atoms with Crippen molar-refractivity contribution in [3.63, 3.8) is 0 Å². The van der Waals surface area contributed by atoms with E-state index in [0.717, 1.165) is 18.1 Å². The van der Waals surface area contributed by atoms with Gasteiger partial charge in [0, 0.05) is 17.5 Å². The second-order valence-corrected chi connectivity index (χ2v) is 7.22. The van der Waals surface area contributed by atoms with Crippen molar-refractivity contribution in [1.29, 1.82) is 0 Å². The van der Waals surface area contributed by atoms with Crippen molar-refractivity contribution in [3.05, 3.63) is 69.8 Å². The number of halogens is 3. The highest BCUT2D eigenvalue weighted by atomic mass is 32.2. The van der Waals surface area contributed by atoms with Gasteiger partial charge in [-0.15, -0.1) is 0 Å². The molecule has 27 heavy (non-hydrogen) atoms. The number of aryl methyl sites for hydroxylation is 1. The van der Waals surface area contributed by atoms with Crippen molar-refractivity contribution >= 4 is 21.1 Å². The van der Waals surface area contributed by atoms with Crippen LogP contribution in [0.25, 0.3) is 11.0 Å². The lowest BCUT2D eigenvalue weighted by Crippen LogP contribution is -2.13. The van der Waals surface area contributed by atoms with Gasteiger partial charge in [0.15, 0.2) is 17.5 Å². The fourth-order valence-corrected chi connectivity index (χ4v) is 3.60. The third kappa shape index (κ3) is 3.68. The summed E-state index contributed by atoms with van der Waals surface area (Å²) in [6.07, 6.45) is 1.39. The minimum absolute atomic E-state index is 0.0874. The first-order chi connectivity index (χ1) is 12.7. The van der Waals surface area contributed by atoms with Crippen LogP contribution in [0.5, 0.6) is 5.75 Å². The van der Waals surface area contributed by atoms with E-state index in [9.17, 15) is 26.4 Å². The van der Waals surface area contributed by atoms with Crippen molar-refractivity contribution in [3.8, 4) is 5.75 Å². The molecule has 1 aromatic heterocycles. The first-order valence-electron chi connectivity index (χ1n) is 7.87. The summed E-state index contributed by atoms with van der Waals surface area (Å²) in [6.45, 7) is 1.93. The topological polar surface area (TPSA) is 73.6 Å². The number of rotatable bonds is 5. The Hall–Kier alpha value is -2.81. The molecule has 2 aromatic carbocycles. The van der Waals surface area contributed by atoms with Crippen LogP contribution < -0.4 is 9.81 Å². The predicted molar refractivity (Wildman–Crippen MR) is 90.6 cm³/mol. The van der Waals surface area contributed by atoms with E-state index < -0.39 is 38.1 Å². The third-order valence-corrected chi connectivity index (χ3v) is 5.06. The van der Waals surface area contributed by atoms with Gasteiger partial charge in [-0.25, -0.2) is 18.0 Å². The monoisotopic (exact) mass is 398 g/mol. The fraction of sp³-hybridized carbons (Fsp3) is 0.167. The summed E-state index contributed by atoms with van der Waals surface area (Å²) in [5.74, 6) is -5.60. The highest BCUT2D eigenvalue weighted by molar-refractivity contribution is 7.87. The van der Waals surface area contributed by atoms with Crippen LogP contribution >= 0.6 is 0 Å². The lowest BCUT2D eigenvalue weighted by molar-refractivity contribution is 0.423. The first kappa shape index (κ1) is 19.0. The van der Waals surface area contributed by atoms with E-state index >= 15 is 0 Å². The van der Waals surface area contributed by atoms with Gasteiger partial charge < -0.3 is 8.60 Å². The molecule has 0 saturated carbocycles. The highest BCUT2D eigenvalue weighted by Crippen LogP contribution is 2.27. The summed E-state index contributed by atoms with van der Waals surface area (Å²) in [6, 6.07) is 6.33. The van der Waals surface area contributed by atoms with Gasteiger partial charge in [0.2, 0.25) is 0 Å². The molecule has 0 spiro atoms. The first-order valence-corrected chi connectivity index (χ1v) is 9.28. The predicted octanol–water partition coefficient (Wildman–Crippen LogP) is 3.93. The Morgan fingerprint density at radius 3 is 2.48 bits per heavy atom. The fourth-order valence-electron chi connectivity index (χ4n) is 2.61. The molecule has 0 amide bonds. The highest BCUT2D eigenvalue weighted by Gasteiger charge is 2.26. The van der Waals surface area contributed by atoms with Gasteiger partial charge in [-0.1, -0.05) is 13.3 Å². The largest absolute Gasteiger partial charge is 0.423 e. The summed E-state index contributed by atoms with van der Waals surface area (Å²) in [7, 11) is -4.78. The molecule has 0 radical (unpaired) electrons. The van der Waals surface area contributed by atoms with Crippen molar-refractivity contribution in [2.45, 2.75) is 24.7 Å². The zero-order valence-electron chi connectivity index (χ0n) is 14.0. The van der Waals surface area contributed by atoms with E-state index in [0.29, 0.717) is 23.9 Å². The molecule has 0 fully saturated rings. The Balaban J connectivity index is 2.04. The molecule has 0 aliphatic heterocycles. The van der Waals surface area contributed by atoms with Crippen LogP contribution in [0.4, 0.5) is 13.2 Å². The smallest absolute Gasteiger partial charge is 0.342 e. The molecule has 5 nitrogen and oxygen atoms in total. The summed E-state index contributed by atoms with van der Waals surface area (Å²) in [4.78, 5) is 10.5. The normalized spacial score (nSPS) is 11.7. The van der Waals surface area contributed by atoms with Gasteiger partial charge in [-0.2, -0.15) is 8.42 Å². The van der Waals surface area contributed by atoms with Crippen LogP contribution in [0, 0.1) is 17.5 Å². The van der Waals surface area contributed by atoms with Crippen LogP contribution in [0.15, 0.2) is 50.5 Å². The average Bonchev–Trinajstić information content (AvgIpc) is 2.59. The Morgan fingerprint density at radius 2 is 1.78 bits per heavy atom. The molecule has 0 atom stereocenters. The molecule has 9 heteroatoms. The Morgan fingerprint density at radius 1 is 1.04 bits per heavy atom. The molecule has 0 bridgehead atoms. The lowest BCUT2D eigenvalue weighted by Gasteiger charge is -2.10. The maximum atomic E-state index is 13.8. The van der Waals surface area contributed by atoms with Gasteiger partial charge in [0.25, 0.3) is 0 Å². The second-order valence-electron chi connectivity index (χ2n) is 5.71. The van der Waals surface area contributed by atoms with Crippen molar-refractivity contribution in [1.82, 2.24) is 0 Å². The Bertz CT molecular complexity index is 1190. The summed E-state index contributed by atoms with van der Waals surface area (Å²) in [5.41, 5.74) is 0.201. The minimum Gasteiger partial charge on any atom is -0.423 e. The number of benzene rings is 2. The van der Waals surface area contributed by atoms with E-state index in [1.54, 1.807) is 0 Å². The molecular weight excluding hydrogens is 385 g/mol. The van der Waals surface area contributed by atoms with Gasteiger partial charge in [0.05, 0.1) is 0 Å². The molecule has 1 heterocycles. The van der Waals surface area contributed by atoms with E-state index in [4.69, 9.17) is 8.60 Å². The Labute approximate surface area is 152 Å². The standard InChI is InChI=1S/C18H13F3O5S/c1-2-3-10-8-16(22)25-14-9-11(4-5-12(10)14)26-27(23,24)15-7-6-13(19)17(20)18(15)21/h4-9H,2-3H2,1H3. The molecule has 0 saturated heterocycles. The van der Waals surface area contributed by atoms with Crippen LogP contribution in [0.1, 0.15) is 18.9 Å². The number of fused-ring (bicyclic) bond motifs is 1. The number of hydrogen-bond donors (Lipinski definition) is 0. The van der Waals surface area contributed by atoms with Gasteiger partial charge >= 0.3 is 15.7 Å². The molecule has 142 valence electrons. The molecule has 0 aliphatic rings. The van der Waals surface area contributed by atoms with Crippen molar-refractivity contribution < 1.29 is 30.2 Å². The van der Waals surface area contributed by atoms with Crippen LogP contribution in [0.3, 0.4) is 0 Å². The molecule has 0 N–H and O–H groups in total. The number of hydrogen-bond acceptors (Lipinski definition) is 5. The zero-order valence-corrected chi connectivity index (χ0v) is 14.8. The molecule has 3 rings (SSSR count). The van der Waals surface area contributed by atoms with Gasteiger partial charge in [0.1, 0.15) is 16.2 Å². The maximum Gasteiger partial charge on any atom is 0.342 e. The molecular formula is C18H13F3O5S. The average molecular weight is 398 g/mol. The minimum atomic E-state index is -4.78. The van der Waals surface area contributed by atoms with E-state index in [2.05, 4.69) is 0 Å². The zero-order chi connectivity index (χ0) is 19.8. The quantitative estimate of drug-likeness (QED) is 0.370. The van der Waals surface area contributed by atoms with Crippen LogP contribution in [-0.2, 0) is 16.5 Å². The summed E-state index contributed by atoms with van der Waals surface area (Å²) in [5, 5.41) is 0.597. The third-order valence-electron chi connectivity index (χ3n) is 3.80. The SMILES string of the molecule is CCCc1cc(=O)oc2cc(OS(=O)(=O)c3ccc(F)c(F)c3F)ccc12. The van der Waals surface area contributed by atoms with Gasteiger partial charge in [-0.05, 0) is 36.2 Å². The van der Waals surface area contributed by atoms with Crippen molar-refractivity contribution in [2.24, 2.45) is 0 Å². The van der Waals surface area contributed by atoms with Crippen molar-refractivity contribution in [2.75, 3.05) is 0 Å². The molecule has 0 unspecified atom stereocenters. The van der Waals surface area contributed by atoms with E-state index in [-0.39, 0.29) is 11.3 Å². The van der Waals surface area contributed by atoms with Gasteiger partial charge in [-0.3, -0.25) is 0 Å². The van der Waals surface area contributed by atoms with Crippen LogP contribution in [0.2, 0.25) is 0 Å².